The average molecular weight is 265 g/mol. The van der Waals surface area contributed by atoms with Gasteiger partial charge in [-0.1, -0.05) is 26.7 Å². The first-order chi connectivity index (χ1) is 8.74. The van der Waals surface area contributed by atoms with E-state index in [-0.39, 0.29) is 5.56 Å². The molecule has 0 spiro atoms. The van der Waals surface area contributed by atoms with Gasteiger partial charge >= 0.3 is 0 Å². The van der Waals surface area contributed by atoms with Crippen molar-refractivity contribution in [3.05, 3.63) is 27.6 Å². The molecule has 0 aliphatic heterocycles. The summed E-state index contributed by atoms with van der Waals surface area (Å²) in [6.45, 7) is 6.00. The largest absolute Gasteiger partial charge is 0.310 e. The van der Waals surface area contributed by atoms with E-state index in [0.29, 0.717) is 17.2 Å². The highest BCUT2D eigenvalue weighted by atomic mass is 32.1. The summed E-state index contributed by atoms with van der Waals surface area (Å²) in [7, 11) is 0. The Morgan fingerprint density at radius 2 is 2.22 bits per heavy atom. The molecule has 2 aromatic rings. The molecular formula is C13H19N3OS. The molecule has 0 aliphatic rings. The maximum Gasteiger partial charge on any atom is 0.268 e. The normalized spacial score (nSPS) is 11.5. The van der Waals surface area contributed by atoms with E-state index in [0.717, 1.165) is 17.9 Å². The molecule has 0 fully saturated rings. The predicted molar refractivity (Wildman–Crippen MR) is 76.0 cm³/mol. The third-order valence-corrected chi connectivity index (χ3v) is 4.15. The fraction of sp³-hybridized carbons (Fsp3) is 0.538. The fourth-order valence-corrected chi connectivity index (χ4v) is 2.70. The number of H-pyrrole nitrogens is 1. The first-order valence-electron chi connectivity index (χ1n) is 6.41. The molecule has 0 saturated heterocycles. The van der Waals surface area contributed by atoms with E-state index in [2.05, 4.69) is 29.1 Å². The van der Waals surface area contributed by atoms with Crippen molar-refractivity contribution in [2.24, 2.45) is 5.92 Å². The molecule has 0 amide bonds. The number of hydrogen-bond donors (Lipinski definition) is 2. The second-order valence-electron chi connectivity index (χ2n) is 4.46. The van der Waals surface area contributed by atoms with Crippen LogP contribution in [-0.4, -0.2) is 16.5 Å². The molecule has 98 valence electrons. The lowest BCUT2D eigenvalue weighted by molar-refractivity contribution is 0.446. The van der Waals surface area contributed by atoms with Crippen LogP contribution in [0.1, 0.15) is 32.5 Å². The molecule has 0 saturated carbocycles. The van der Waals surface area contributed by atoms with Gasteiger partial charge in [-0.2, -0.15) is 0 Å². The Bertz CT molecular complexity index is 557. The molecule has 4 nitrogen and oxygen atoms in total. The van der Waals surface area contributed by atoms with Crippen molar-refractivity contribution < 1.29 is 0 Å². The van der Waals surface area contributed by atoms with Crippen molar-refractivity contribution in [3.8, 4) is 0 Å². The smallest absolute Gasteiger partial charge is 0.268 e. The Morgan fingerprint density at radius 1 is 1.44 bits per heavy atom. The van der Waals surface area contributed by atoms with Crippen LogP contribution >= 0.6 is 11.3 Å². The molecule has 0 unspecified atom stereocenters. The van der Waals surface area contributed by atoms with E-state index in [9.17, 15) is 4.79 Å². The van der Waals surface area contributed by atoms with Crippen molar-refractivity contribution in [1.29, 1.82) is 0 Å². The van der Waals surface area contributed by atoms with Crippen molar-refractivity contribution in [3.63, 3.8) is 0 Å². The second-order valence-corrected chi connectivity index (χ2v) is 5.38. The zero-order valence-electron chi connectivity index (χ0n) is 10.8. The van der Waals surface area contributed by atoms with Gasteiger partial charge in [-0.25, -0.2) is 4.98 Å². The minimum Gasteiger partial charge on any atom is -0.310 e. The summed E-state index contributed by atoms with van der Waals surface area (Å²) < 4.78 is 0.707. The van der Waals surface area contributed by atoms with Crippen LogP contribution in [0.15, 0.2) is 16.2 Å². The van der Waals surface area contributed by atoms with Crippen LogP contribution in [0.5, 0.6) is 0 Å². The van der Waals surface area contributed by atoms with E-state index in [1.54, 1.807) is 0 Å². The minimum absolute atomic E-state index is 0.0330. The van der Waals surface area contributed by atoms with Crippen LogP contribution in [0, 0.1) is 5.92 Å². The Kier molecular flexibility index (Phi) is 4.49. The number of rotatable bonds is 6. The van der Waals surface area contributed by atoms with Gasteiger partial charge < -0.3 is 10.3 Å². The van der Waals surface area contributed by atoms with Gasteiger partial charge in [0.2, 0.25) is 0 Å². The lowest BCUT2D eigenvalue weighted by Gasteiger charge is -2.12. The first kappa shape index (κ1) is 13.2. The Labute approximate surface area is 110 Å². The molecule has 0 aliphatic carbocycles. The van der Waals surface area contributed by atoms with Crippen LogP contribution in [-0.2, 0) is 6.54 Å². The number of hydrogen-bond acceptors (Lipinski definition) is 4. The van der Waals surface area contributed by atoms with Crippen LogP contribution in [0.4, 0.5) is 0 Å². The number of aromatic amines is 1. The van der Waals surface area contributed by atoms with Crippen molar-refractivity contribution in [2.45, 2.75) is 33.2 Å². The van der Waals surface area contributed by atoms with Crippen LogP contribution in [0.3, 0.4) is 0 Å². The lowest BCUT2D eigenvalue weighted by atomic mass is 10.0. The Balaban J connectivity index is 2.01. The number of nitrogens with zero attached hydrogens (tertiary/aromatic N) is 1. The third-order valence-electron chi connectivity index (χ3n) is 3.24. The fourth-order valence-electron chi connectivity index (χ4n) is 1.98. The van der Waals surface area contributed by atoms with E-state index >= 15 is 0 Å². The van der Waals surface area contributed by atoms with Crippen molar-refractivity contribution >= 4 is 21.6 Å². The lowest BCUT2D eigenvalue weighted by Crippen LogP contribution is -2.24. The summed E-state index contributed by atoms with van der Waals surface area (Å²) in [6.07, 6.45) is 2.36. The highest BCUT2D eigenvalue weighted by Gasteiger charge is 2.06. The number of fused-ring (bicyclic) bond motifs is 1. The third kappa shape index (κ3) is 2.97. The van der Waals surface area contributed by atoms with Gasteiger partial charge in [-0.3, -0.25) is 4.79 Å². The molecule has 2 aromatic heterocycles. The summed E-state index contributed by atoms with van der Waals surface area (Å²) >= 11 is 1.43. The molecule has 2 heterocycles. The molecular weight excluding hydrogens is 246 g/mol. The zero-order valence-corrected chi connectivity index (χ0v) is 11.6. The Hall–Kier alpha value is -1.20. The van der Waals surface area contributed by atoms with E-state index < -0.39 is 0 Å². The molecule has 0 atom stereocenters. The SMILES string of the molecule is CCC(CC)CNCc1nc2ccsc2c(=O)[nH]1. The average Bonchev–Trinajstić information content (AvgIpc) is 2.83. The number of aromatic nitrogens is 2. The quantitative estimate of drug-likeness (QED) is 0.843. The van der Waals surface area contributed by atoms with E-state index in [1.165, 1.54) is 24.2 Å². The van der Waals surface area contributed by atoms with Gasteiger partial charge in [0.15, 0.2) is 0 Å². The first-order valence-corrected chi connectivity index (χ1v) is 7.29. The van der Waals surface area contributed by atoms with Gasteiger partial charge in [-0.05, 0) is 23.9 Å². The van der Waals surface area contributed by atoms with Crippen LogP contribution in [0.2, 0.25) is 0 Å². The van der Waals surface area contributed by atoms with E-state index in [1.807, 2.05) is 11.4 Å². The predicted octanol–water partition coefficient (Wildman–Crippen LogP) is 2.51. The zero-order chi connectivity index (χ0) is 13.0. The van der Waals surface area contributed by atoms with Gasteiger partial charge in [0.1, 0.15) is 10.5 Å². The summed E-state index contributed by atoms with van der Waals surface area (Å²) in [4.78, 5) is 19.0. The van der Waals surface area contributed by atoms with Crippen molar-refractivity contribution in [1.82, 2.24) is 15.3 Å². The monoisotopic (exact) mass is 265 g/mol. The van der Waals surface area contributed by atoms with Crippen molar-refractivity contribution in [2.75, 3.05) is 6.54 Å². The summed E-state index contributed by atoms with van der Waals surface area (Å²) in [5.41, 5.74) is 0.761. The second kappa shape index (κ2) is 6.11. The summed E-state index contributed by atoms with van der Waals surface area (Å²) in [5.74, 6) is 1.42. The standard InChI is InChI=1S/C13H19N3OS/c1-3-9(4-2)7-14-8-11-15-10-5-6-18-12(10)13(17)16-11/h5-6,9,14H,3-4,7-8H2,1-2H3,(H,15,16,17). The van der Waals surface area contributed by atoms with Crippen LogP contribution in [0.25, 0.3) is 10.2 Å². The molecule has 0 aromatic carbocycles. The van der Waals surface area contributed by atoms with Gasteiger partial charge in [0.25, 0.3) is 5.56 Å². The minimum atomic E-state index is -0.0330. The van der Waals surface area contributed by atoms with E-state index in [4.69, 9.17) is 0 Å². The highest BCUT2D eigenvalue weighted by Crippen LogP contribution is 2.13. The Morgan fingerprint density at radius 3 is 2.94 bits per heavy atom. The van der Waals surface area contributed by atoms with Gasteiger partial charge in [0, 0.05) is 0 Å². The van der Waals surface area contributed by atoms with Gasteiger partial charge in [0.05, 0.1) is 12.1 Å². The summed E-state index contributed by atoms with van der Waals surface area (Å²) in [5, 5.41) is 5.26. The number of nitrogens with one attached hydrogen (secondary N) is 2. The van der Waals surface area contributed by atoms with Gasteiger partial charge in [-0.15, -0.1) is 11.3 Å². The van der Waals surface area contributed by atoms with Crippen LogP contribution < -0.4 is 10.9 Å². The maximum atomic E-state index is 11.8. The molecule has 0 bridgehead atoms. The topological polar surface area (TPSA) is 57.8 Å². The number of thiophene rings is 1. The highest BCUT2D eigenvalue weighted by molar-refractivity contribution is 7.17. The molecule has 2 rings (SSSR count). The molecule has 5 heteroatoms. The summed E-state index contributed by atoms with van der Waals surface area (Å²) in [6, 6.07) is 1.89. The molecule has 0 radical (unpaired) electrons. The molecule has 2 N–H and O–H groups in total. The molecule has 18 heavy (non-hydrogen) atoms. The maximum absolute atomic E-state index is 11.8.